The molecule has 0 fully saturated rings. The minimum atomic E-state index is -0.717. The Labute approximate surface area is 165 Å². The molecule has 0 saturated heterocycles. The average Bonchev–Trinajstić information content (AvgIpc) is 3.07. The van der Waals surface area contributed by atoms with Gasteiger partial charge < -0.3 is 14.8 Å². The quantitative estimate of drug-likeness (QED) is 0.578. The number of aromatic nitrogens is 3. The molecule has 8 nitrogen and oxygen atoms in total. The van der Waals surface area contributed by atoms with E-state index in [1.807, 2.05) is 0 Å². The highest BCUT2D eigenvalue weighted by molar-refractivity contribution is 7.99. The van der Waals surface area contributed by atoms with Crippen LogP contribution in [0.1, 0.15) is 25.5 Å². The van der Waals surface area contributed by atoms with Crippen molar-refractivity contribution in [2.75, 3.05) is 24.8 Å². The fraction of sp³-hybridized carbons (Fsp3) is 0.333. The Bertz CT molecular complexity index is 943. The van der Waals surface area contributed by atoms with Gasteiger partial charge in [-0.05, 0) is 31.5 Å². The summed E-state index contributed by atoms with van der Waals surface area (Å²) in [5.41, 5.74) is 1.38. The van der Waals surface area contributed by atoms with Crippen LogP contribution in [0.2, 0.25) is 0 Å². The van der Waals surface area contributed by atoms with E-state index in [1.54, 1.807) is 26.0 Å². The lowest BCUT2D eigenvalue weighted by Crippen LogP contribution is -2.29. The monoisotopic (exact) mass is 406 g/mol. The van der Waals surface area contributed by atoms with E-state index < -0.39 is 23.8 Å². The van der Waals surface area contributed by atoms with E-state index in [-0.39, 0.29) is 12.4 Å². The molecule has 1 atom stereocenters. The van der Waals surface area contributed by atoms with Gasteiger partial charge in [-0.3, -0.25) is 4.79 Å². The average molecular weight is 406 g/mol. The summed E-state index contributed by atoms with van der Waals surface area (Å²) in [6.07, 6.45) is 0. The van der Waals surface area contributed by atoms with Crippen molar-refractivity contribution < 1.29 is 23.5 Å². The maximum absolute atomic E-state index is 13.9. The maximum Gasteiger partial charge on any atom is 0.338 e. The van der Waals surface area contributed by atoms with Crippen molar-refractivity contribution in [1.29, 1.82) is 0 Å². The molecule has 1 aromatic carbocycles. The number of anilines is 1. The number of hydrogen-bond acceptors (Lipinski definition) is 8. The van der Waals surface area contributed by atoms with E-state index in [0.717, 1.165) is 11.8 Å². The van der Waals surface area contributed by atoms with Crippen molar-refractivity contribution in [3.8, 4) is 0 Å². The van der Waals surface area contributed by atoms with Gasteiger partial charge in [0.25, 0.3) is 0 Å². The third-order valence-corrected chi connectivity index (χ3v) is 4.85. The Morgan fingerprint density at radius 3 is 2.86 bits per heavy atom. The zero-order valence-corrected chi connectivity index (χ0v) is 16.4. The van der Waals surface area contributed by atoms with Crippen LogP contribution in [0, 0.1) is 5.82 Å². The largest absolute Gasteiger partial charge is 0.468 e. The second-order valence-electron chi connectivity index (χ2n) is 5.87. The number of allylic oxidation sites excluding steroid dienone is 1. The normalized spacial score (nSPS) is 15.6. The van der Waals surface area contributed by atoms with Gasteiger partial charge in [-0.15, -0.1) is 5.10 Å². The molecule has 0 radical (unpaired) electrons. The van der Waals surface area contributed by atoms with Gasteiger partial charge in [0.15, 0.2) is 0 Å². The van der Waals surface area contributed by atoms with Crippen LogP contribution in [0.4, 0.5) is 10.3 Å². The Kier molecular flexibility index (Phi) is 5.98. The molecule has 0 saturated carbocycles. The van der Waals surface area contributed by atoms with Gasteiger partial charge in [0.1, 0.15) is 11.9 Å². The van der Waals surface area contributed by atoms with Crippen LogP contribution in [0.15, 0.2) is 40.7 Å². The van der Waals surface area contributed by atoms with Gasteiger partial charge in [0.05, 0.1) is 25.0 Å². The van der Waals surface area contributed by atoms with Crippen molar-refractivity contribution in [3.63, 3.8) is 0 Å². The predicted molar refractivity (Wildman–Crippen MR) is 100 cm³/mol. The van der Waals surface area contributed by atoms with Crippen LogP contribution in [-0.2, 0) is 19.1 Å². The molecule has 0 bridgehead atoms. The molecule has 10 heteroatoms. The summed E-state index contributed by atoms with van der Waals surface area (Å²) in [5.74, 6) is -0.937. The topological polar surface area (TPSA) is 95.3 Å². The van der Waals surface area contributed by atoms with Gasteiger partial charge >= 0.3 is 11.9 Å². The van der Waals surface area contributed by atoms with Gasteiger partial charge in [0.2, 0.25) is 11.1 Å². The zero-order valence-electron chi connectivity index (χ0n) is 15.6. The Balaban J connectivity index is 2.04. The molecule has 1 aromatic heterocycles. The first-order chi connectivity index (χ1) is 13.4. The summed E-state index contributed by atoms with van der Waals surface area (Å²) in [4.78, 5) is 28.4. The molecule has 1 aliphatic rings. The summed E-state index contributed by atoms with van der Waals surface area (Å²) in [7, 11) is 1.30. The number of nitrogens with one attached hydrogen (secondary N) is 1. The number of nitrogens with zero attached hydrogens (tertiary/aromatic N) is 3. The molecular weight excluding hydrogens is 387 g/mol. The Morgan fingerprint density at radius 1 is 1.39 bits per heavy atom. The lowest BCUT2D eigenvalue weighted by molar-refractivity contribution is -0.139. The molecule has 28 heavy (non-hydrogen) atoms. The third-order valence-electron chi connectivity index (χ3n) is 4.04. The number of rotatable bonds is 6. The standard InChI is InChI=1S/C18H19FN4O4S/c1-4-27-16(25)14-10(2)20-17-21-18(28-9-13(24)26-3)22-23(17)15(14)11-6-5-7-12(19)8-11/h5-8,15H,4,9H2,1-3H3,(H,20,21,22)/t15-/m1/s1. The highest BCUT2D eigenvalue weighted by atomic mass is 32.2. The second-order valence-corrected chi connectivity index (χ2v) is 6.81. The molecule has 2 aromatic rings. The number of methoxy groups -OCH3 is 1. The first kappa shape index (κ1) is 19.9. The minimum absolute atomic E-state index is 0.0434. The fourth-order valence-electron chi connectivity index (χ4n) is 2.83. The van der Waals surface area contributed by atoms with Crippen LogP contribution in [-0.4, -0.2) is 46.2 Å². The van der Waals surface area contributed by atoms with Crippen LogP contribution >= 0.6 is 11.8 Å². The number of halogens is 1. The van der Waals surface area contributed by atoms with E-state index in [0.29, 0.717) is 27.9 Å². The second kappa shape index (κ2) is 8.42. The van der Waals surface area contributed by atoms with Crippen molar-refractivity contribution in [2.24, 2.45) is 0 Å². The highest BCUT2D eigenvalue weighted by Crippen LogP contribution is 2.36. The van der Waals surface area contributed by atoms with E-state index in [9.17, 15) is 14.0 Å². The summed E-state index contributed by atoms with van der Waals surface area (Å²) in [5, 5.41) is 7.76. The Hall–Kier alpha value is -2.88. The lowest BCUT2D eigenvalue weighted by Gasteiger charge is -2.28. The smallest absolute Gasteiger partial charge is 0.338 e. The summed E-state index contributed by atoms with van der Waals surface area (Å²) in [6, 6.07) is 5.22. The van der Waals surface area contributed by atoms with E-state index in [2.05, 4.69) is 20.1 Å². The van der Waals surface area contributed by atoms with Crippen molar-refractivity contribution in [2.45, 2.75) is 25.0 Å². The highest BCUT2D eigenvalue weighted by Gasteiger charge is 2.35. The molecule has 3 rings (SSSR count). The number of ether oxygens (including phenoxy) is 2. The van der Waals surface area contributed by atoms with Crippen molar-refractivity contribution in [3.05, 3.63) is 46.9 Å². The number of thioether (sulfide) groups is 1. The van der Waals surface area contributed by atoms with E-state index in [4.69, 9.17) is 4.74 Å². The summed E-state index contributed by atoms with van der Waals surface area (Å²) >= 11 is 1.10. The molecule has 0 aliphatic carbocycles. The van der Waals surface area contributed by atoms with Gasteiger partial charge in [0, 0.05) is 5.70 Å². The first-order valence-electron chi connectivity index (χ1n) is 8.51. The maximum atomic E-state index is 13.9. The zero-order chi connectivity index (χ0) is 20.3. The molecule has 148 valence electrons. The van der Waals surface area contributed by atoms with Gasteiger partial charge in [-0.25, -0.2) is 13.9 Å². The third kappa shape index (κ3) is 4.01. The molecular formula is C18H19FN4O4S. The first-order valence-corrected chi connectivity index (χ1v) is 9.49. The number of esters is 2. The van der Waals surface area contributed by atoms with E-state index in [1.165, 1.54) is 23.9 Å². The van der Waals surface area contributed by atoms with Gasteiger partial charge in [-0.1, -0.05) is 23.9 Å². The van der Waals surface area contributed by atoms with Crippen LogP contribution in [0.5, 0.6) is 0 Å². The molecule has 0 unspecified atom stereocenters. The fourth-order valence-corrected chi connectivity index (χ4v) is 3.49. The molecule has 0 spiro atoms. The van der Waals surface area contributed by atoms with Crippen molar-refractivity contribution in [1.82, 2.24) is 14.8 Å². The number of hydrogen-bond donors (Lipinski definition) is 1. The van der Waals surface area contributed by atoms with Crippen LogP contribution in [0.25, 0.3) is 0 Å². The number of benzene rings is 1. The van der Waals surface area contributed by atoms with Crippen molar-refractivity contribution >= 4 is 29.6 Å². The number of carbonyl (C=O) groups excluding carboxylic acids is 2. The summed E-state index contributed by atoms with van der Waals surface area (Å²) in [6.45, 7) is 3.64. The lowest BCUT2D eigenvalue weighted by atomic mass is 9.96. The van der Waals surface area contributed by atoms with Crippen LogP contribution in [0.3, 0.4) is 0 Å². The predicted octanol–water partition coefficient (Wildman–Crippen LogP) is 2.53. The van der Waals surface area contributed by atoms with Crippen LogP contribution < -0.4 is 5.32 Å². The molecule has 1 N–H and O–H groups in total. The SMILES string of the molecule is CCOC(=O)C1=C(C)Nc2nc(SCC(=O)OC)nn2[C@@H]1c1cccc(F)c1. The Morgan fingerprint density at radius 2 is 2.18 bits per heavy atom. The number of carbonyl (C=O) groups is 2. The van der Waals surface area contributed by atoms with Gasteiger partial charge in [-0.2, -0.15) is 4.98 Å². The number of fused-ring (bicyclic) bond motifs is 1. The molecule has 1 aliphatic heterocycles. The molecule has 2 heterocycles. The summed E-state index contributed by atoms with van der Waals surface area (Å²) < 4.78 is 25.2. The molecule has 0 amide bonds. The van der Waals surface area contributed by atoms with E-state index >= 15 is 0 Å². The minimum Gasteiger partial charge on any atom is -0.468 e.